The normalized spacial score (nSPS) is 21.0. The Morgan fingerprint density at radius 3 is 2.73 bits per heavy atom. The fourth-order valence-corrected chi connectivity index (χ4v) is 5.86. The molecular weight excluding hydrogens is 556 g/mol. The molecule has 2 amide bonds. The number of nitrogens with one attached hydrogen (secondary N) is 1. The lowest BCUT2D eigenvalue weighted by atomic mass is 9.88. The topological polar surface area (TPSA) is 76.8 Å². The lowest BCUT2D eigenvalue weighted by Crippen LogP contribution is -2.57. The number of hydrogen-bond acceptors (Lipinski definition) is 4. The lowest BCUT2D eigenvalue weighted by Gasteiger charge is -2.42. The molecule has 0 bridgehead atoms. The average molecular weight is 585 g/mol. The van der Waals surface area contributed by atoms with Crippen LogP contribution in [0.1, 0.15) is 36.0 Å². The van der Waals surface area contributed by atoms with E-state index in [0.29, 0.717) is 31.2 Å². The second-order valence-corrected chi connectivity index (χ2v) is 11.0. The van der Waals surface area contributed by atoms with Gasteiger partial charge in [0.25, 0.3) is 0 Å². The van der Waals surface area contributed by atoms with Crippen LogP contribution in [0.3, 0.4) is 0 Å². The minimum Gasteiger partial charge on any atom is -0.382 e. The number of allylic oxidation sites excluding steroid dienone is 3. The first kappa shape index (κ1) is 25.5. The summed E-state index contributed by atoms with van der Waals surface area (Å²) >= 11 is 9.89. The quantitative estimate of drug-likeness (QED) is 0.424. The van der Waals surface area contributed by atoms with Gasteiger partial charge in [-0.05, 0) is 46.9 Å². The molecule has 2 aromatic rings. The minimum absolute atomic E-state index is 0.0276. The lowest BCUT2D eigenvalue weighted by molar-refractivity contribution is -0.904. The number of piperazine rings is 1. The number of fused-ring (bicyclic) bond motifs is 1. The Hall–Kier alpha value is -3.10. The number of nitrogens with zero attached hydrogens (tertiary/aromatic N) is 3. The Kier molecular flexibility index (Phi) is 7.40. The van der Waals surface area contributed by atoms with Crippen molar-refractivity contribution in [3.05, 3.63) is 92.3 Å². The molecule has 192 valence electrons. The maximum Gasteiger partial charge on any atom is 0.236 e. The summed E-state index contributed by atoms with van der Waals surface area (Å²) < 4.78 is 1.98. The molecular formula is C28H29BrClN4O3+. The first-order valence-electron chi connectivity index (χ1n) is 12.4. The van der Waals surface area contributed by atoms with E-state index in [1.54, 1.807) is 12.1 Å². The molecule has 0 spiro atoms. The molecule has 2 N–H and O–H groups in total. The van der Waals surface area contributed by atoms with E-state index in [1.165, 1.54) is 12.4 Å². The van der Waals surface area contributed by atoms with Crippen LogP contribution in [0.25, 0.3) is 6.08 Å². The minimum atomic E-state index is -0.483. The second-order valence-electron chi connectivity index (χ2n) is 9.55. The zero-order chi connectivity index (χ0) is 26.1. The summed E-state index contributed by atoms with van der Waals surface area (Å²) in [6.07, 6.45) is 10.1. The van der Waals surface area contributed by atoms with E-state index in [2.05, 4.69) is 34.2 Å². The van der Waals surface area contributed by atoms with Crippen molar-refractivity contribution < 1.29 is 19.5 Å². The molecule has 2 atom stereocenters. The monoisotopic (exact) mass is 583 g/mol. The molecule has 1 unspecified atom stereocenters. The average Bonchev–Trinajstić information content (AvgIpc) is 3.05. The number of amides is 2. The zero-order valence-corrected chi connectivity index (χ0v) is 22.9. The summed E-state index contributed by atoms with van der Waals surface area (Å²) in [5, 5.41) is 13.5. The number of carbonyl (C=O) groups is 2. The molecule has 1 aliphatic carbocycles. The summed E-state index contributed by atoms with van der Waals surface area (Å²) in [5.41, 5.74) is 4.55. The number of benzene rings is 1. The van der Waals surface area contributed by atoms with Gasteiger partial charge in [0.1, 0.15) is 5.92 Å². The maximum atomic E-state index is 14.2. The van der Waals surface area contributed by atoms with Gasteiger partial charge in [-0.2, -0.15) is 0 Å². The smallest absolute Gasteiger partial charge is 0.236 e. The number of dihydropyridines is 1. The van der Waals surface area contributed by atoms with Crippen molar-refractivity contribution in [3.8, 4) is 0 Å². The zero-order valence-electron chi connectivity index (χ0n) is 20.5. The molecule has 1 saturated heterocycles. The van der Waals surface area contributed by atoms with Crippen molar-refractivity contribution in [3.63, 3.8) is 0 Å². The Labute approximate surface area is 229 Å². The molecule has 5 rings (SSSR count). The van der Waals surface area contributed by atoms with E-state index < -0.39 is 5.92 Å². The summed E-state index contributed by atoms with van der Waals surface area (Å²) in [7, 11) is 0. The van der Waals surface area contributed by atoms with Crippen LogP contribution in [0.2, 0.25) is 5.02 Å². The predicted molar refractivity (Wildman–Crippen MR) is 145 cm³/mol. The summed E-state index contributed by atoms with van der Waals surface area (Å²) in [5.74, 6) is -0.426. The van der Waals surface area contributed by atoms with E-state index in [0.717, 1.165) is 43.6 Å². The van der Waals surface area contributed by atoms with E-state index in [1.807, 2.05) is 40.2 Å². The molecule has 9 heteroatoms. The van der Waals surface area contributed by atoms with Gasteiger partial charge in [-0.3, -0.25) is 14.8 Å². The Balaban J connectivity index is 1.39. The number of pyridine rings is 1. The highest BCUT2D eigenvalue weighted by Gasteiger charge is 2.38. The number of hydrogen-bond donors (Lipinski definition) is 2. The van der Waals surface area contributed by atoms with Gasteiger partial charge in [0.05, 0.1) is 6.42 Å². The van der Waals surface area contributed by atoms with Crippen LogP contribution in [0.5, 0.6) is 0 Å². The van der Waals surface area contributed by atoms with Gasteiger partial charge in [0, 0.05) is 64.3 Å². The van der Waals surface area contributed by atoms with Crippen molar-refractivity contribution in [2.45, 2.75) is 31.7 Å². The third kappa shape index (κ3) is 5.31. The highest BCUT2D eigenvalue weighted by Crippen LogP contribution is 2.38. The summed E-state index contributed by atoms with van der Waals surface area (Å²) in [6, 6.07) is 9.09. The molecule has 3 aliphatic rings. The fourth-order valence-electron chi connectivity index (χ4n) is 5.29. The van der Waals surface area contributed by atoms with Crippen LogP contribution in [-0.4, -0.2) is 59.0 Å². The summed E-state index contributed by atoms with van der Waals surface area (Å²) in [4.78, 5) is 31.1. The van der Waals surface area contributed by atoms with Gasteiger partial charge in [-0.25, -0.2) is 0 Å². The van der Waals surface area contributed by atoms with E-state index >= 15 is 0 Å². The van der Waals surface area contributed by atoms with Crippen molar-refractivity contribution in [1.29, 1.82) is 0 Å². The highest BCUT2D eigenvalue weighted by atomic mass is 79.9. The highest BCUT2D eigenvalue weighted by molar-refractivity contribution is 9.11. The first-order chi connectivity index (χ1) is 17.8. The van der Waals surface area contributed by atoms with E-state index in [9.17, 15) is 14.8 Å². The van der Waals surface area contributed by atoms with Crippen LogP contribution in [0.4, 0.5) is 0 Å². The molecule has 1 fully saturated rings. The van der Waals surface area contributed by atoms with Crippen LogP contribution in [0, 0.1) is 0 Å². The molecule has 1 aromatic carbocycles. The molecule has 37 heavy (non-hydrogen) atoms. The van der Waals surface area contributed by atoms with Crippen molar-refractivity contribution in [1.82, 2.24) is 15.1 Å². The number of carbonyl (C=O) groups excluding carboxylic acids is 2. The molecule has 0 radical (unpaired) electrons. The first-order valence-corrected chi connectivity index (χ1v) is 13.6. The van der Waals surface area contributed by atoms with Gasteiger partial charge in [0.15, 0.2) is 0 Å². The third-order valence-corrected chi connectivity index (χ3v) is 7.98. The van der Waals surface area contributed by atoms with Gasteiger partial charge < -0.3 is 15.1 Å². The van der Waals surface area contributed by atoms with Crippen molar-refractivity contribution in [2.24, 2.45) is 0 Å². The van der Waals surface area contributed by atoms with E-state index in [4.69, 9.17) is 11.6 Å². The Bertz CT molecular complexity index is 1320. The largest absolute Gasteiger partial charge is 0.382 e. The number of halogens is 2. The number of aromatic nitrogens is 1. The molecule has 2 aliphatic heterocycles. The van der Waals surface area contributed by atoms with Crippen LogP contribution in [-0.2, 0) is 16.0 Å². The maximum absolute atomic E-state index is 14.2. The van der Waals surface area contributed by atoms with Crippen molar-refractivity contribution in [2.75, 3.05) is 26.2 Å². The summed E-state index contributed by atoms with van der Waals surface area (Å²) in [6.45, 7) is 4.12. The molecule has 7 nitrogen and oxygen atoms in total. The fraction of sp³-hybridized carbons (Fsp3) is 0.321. The van der Waals surface area contributed by atoms with E-state index in [-0.39, 0.29) is 24.3 Å². The molecule has 3 heterocycles. The Morgan fingerprint density at radius 2 is 1.97 bits per heavy atom. The van der Waals surface area contributed by atoms with Gasteiger partial charge in [0.2, 0.25) is 24.2 Å². The van der Waals surface area contributed by atoms with Crippen LogP contribution in [0.15, 0.2) is 70.6 Å². The molecule has 0 saturated carbocycles. The predicted octanol–water partition coefficient (Wildman–Crippen LogP) is 3.80. The van der Waals surface area contributed by atoms with Gasteiger partial charge in [-0.1, -0.05) is 52.7 Å². The second kappa shape index (κ2) is 10.7. The van der Waals surface area contributed by atoms with Crippen LogP contribution >= 0.6 is 27.5 Å². The SMILES string of the molecule is CC[C@H]1CN(C(=O)C2C3=C(C=Cc4cc(Cl)ccc42)C=C(Br)CN3)CCN1C(=O)Cc1cc[n+](O)cc1. The standard InChI is InChI=1S/C28H29BrClN4O3/c1-2-23-17-32(11-12-34(23)25(35)13-18-7-9-33(37)10-8-18)28(36)26-24-6-5-22(30)15-19(24)3-4-20-14-21(29)16-31-27(20)26/h3-10,14-15,23,26,31,37H,2,11-13,16-17H2,1H3/q+1/t23-,26?/m0/s1. The third-order valence-electron chi connectivity index (χ3n) is 7.23. The molecule has 1 aromatic heterocycles. The number of rotatable bonds is 4. The Morgan fingerprint density at radius 1 is 1.19 bits per heavy atom. The van der Waals surface area contributed by atoms with Crippen molar-refractivity contribution >= 4 is 45.4 Å². The van der Waals surface area contributed by atoms with Gasteiger partial charge >= 0.3 is 0 Å². The van der Waals surface area contributed by atoms with Crippen LogP contribution < -0.4 is 10.0 Å². The van der Waals surface area contributed by atoms with Gasteiger partial charge in [-0.15, -0.1) is 0 Å².